The zero-order valence-corrected chi connectivity index (χ0v) is 16.4. The van der Waals surface area contributed by atoms with Crippen molar-refractivity contribution in [3.05, 3.63) is 84.7 Å². The highest BCUT2D eigenvalue weighted by Gasteiger charge is 2.09. The number of anilines is 1. The van der Waals surface area contributed by atoms with Crippen molar-refractivity contribution in [1.29, 1.82) is 0 Å². The van der Waals surface area contributed by atoms with Crippen LogP contribution in [0, 0.1) is 6.92 Å². The van der Waals surface area contributed by atoms with Crippen LogP contribution in [-0.4, -0.2) is 32.5 Å². The molecule has 0 atom stereocenters. The Kier molecular flexibility index (Phi) is 5.38. The summed E-state index contributed by atoms with van der Waals surface area (Å²) in [5.74, 6) is 2.87. The minimum atomic E-state index is -0.223. The average Bonchev–Trinajstić information content (AvgIpc) is 3.21. The highest BCUT2D eigenvalue weighted by molar-refractivity contribution is 6.04. The Labute approximate surface area is 173 Å². The van der Waals surface area contributed by atoms with Crippen molar-refractivity contribution in [2.75, 3.05) is 12.4 Å². The monoisotopic (exact) mass is 401 g/mol. The van der Waals surface area contributed by atoms with E-state index in [9.17, 15) is 4.79 Å². The molecule has 0 saturated carbocycles. The van der Waals surface area contributed by atoms with Gasteiger partial charge in [0.15, 0.2) is 0 Å². The molecule has 0 spiro atoms. The maximum Gasteiger partial charge on any atom is 0.255 e. The van der Waals surface area contributed by atoms with Crippen molar-refractivity contribution >= 4 is 11.6 Å². The van der Waals surface area contributed by atoms with Crippen molar-refractivity contribution in [3.63, 3.8) is 0 Å². The molecular weight excluding hydrogens is 382 g/mol. The summed E-state index contributed by atoms with van der Waals surface area (Å²) < 4.78 is 12.8. The van der Waals surface area contributed by atoms with Gasteiger partial charge < -0.3 is 14.8 Å². The van der Waals surface area contributed by atoms with Crippen molar-refractivity contribution in [1.82, 2.24) is 19.5 Å². The standard InChI is InChI=1S/C22H19N5O3/c1-15-23-10-11-27(15)20-13-21(25-14-24-20)30-18-8-6-17(7-9-18)26-22(28)16-4-3-5-19(12-16)29-2/h3-14H,1-2H3,(H,26,28). The van der Waals surface area contributed by atoms with E-state index in [2.05, 4.69) is 20.3 Å². The maximum absolute atomic E-state index is 12.4. The topological polar surface area (TPSA) is 91.2 Å². The Bertz CT molecular complexity index is 1170. The van der Waals surface area contributed by atoms with Gasteiger partial charge in [-0.25, -0.2) is 15.0 Å². The fourth-order valence-corrected chi connectivity index (χ4v) is 2.83. The van der Waals surface area contributed by atoms with Crippen molar-refractivity contribution in [3.8, 4) is 23.2 Å². The van der Waals surface area contributed by atoms with Crippen LogP contribution in [0.25, 0.3) is 5.82 Å². The van der Waals surface area contributed by atoms with Gasteiger partial charge >= 0.3 is 0 Å². The van der Waals surface area contributed by atoms with E-state index in [0.717, 1.165) is 5.82 Å². The number of carbonyl (C=O) groups is 1. The van der Waals surface area contributed by atoms with E-state index in [1.54, 1.807) is 67.9 Å². The molecule has 0 aliphatic heterocycles. The number of aromatic nitrogens is 4. The van der Waals surface area contributed by atoms with E-state index < -0.39 is 0 Å². The maximum atomic E-state index is 12.4. The van der Waals surface area contributed by atoms with Gasteiger partial charge in [0.05, 0.1) is 7.11 Å². The first-order valence-electron chi connectivity index (χ1n) is 9.18. The van der Waals surface area contributed by atoms with E-state index in [0.29, 0.717) is 34.4 Å². The number of nitrogens with one attached hydrogen (secondary N) is 1. The van der Waals surface area contributed by atoms with Crippen LogP contribution in [0.3, 0.4) is 0 Å². The zero-order chi connectivity index (χ0) is 20.9. The van der Waals surface area contributed by atoms with Crippen molar-refractivity contribution in [2.45, 2.75) is 6.92 Å². The fourth-order valence-electron chi connectivity index (χ4n) is 2.83. The predicted octanol–water partition coefficient (Wildman–Crippen LogP) is 4.02. The number of nitrogens with zero attached hydrogens (tertiary/aromatic N) is 4. The molecule has 0 unspecified atom stereocenters. The number of ether oxygens (including phenoxy) is 2. The third-order valence-electron chi connectivity index (χ3n) is 4.37. The SMILES string of the molecule is COc1cccc(C(=O)Nc2ccc(Oc3cc(-n4ccnc4C)ncn3)cc2)c1. The van der Waals surface area contributed by atoms with Crippen LogP contribution in [0.1, 0.15) is 16.2 Å². The highest BCUT2D eigenvalue weighted by atomic mass is 16.5. The summed E-state index contributed by atoms with van der Waals surface area (Å²) in [6, 6.07) is 15.7. The molecule has 0 aliphatic rings. The molecule has 0 radical (unpaired) electrons. The number of rotatable bonds is 6. The molecule has 30 heavy (non-hydrogen) atoms. The van der Waals surface area contributed by atoms with E-state index in [1.807, 2.05) is 17.7 Å². The first-order valence-corrected chi connectivity index (χ1v) is 9.18. The van der Waals surface area contributed by atoms with Crippen molar-refractivity contribution in [2.24, 2.45) is 0 Å². The second-order valence-electron chi connectivity index (χ2n) is 6.37. The smallest absolute Gasteiger partial charge is 0.255 e. The zero-order valence-electron chi connectivity index (χ0n) is 16.4. The largest absolute Gasteiger partial charge is 0.497 e. The summed E-state index contributed by atoms with van der Waals surface area (Å²) in [5, 5.41) is 2.85. The van der Waals surface area contributed by atoms with Crippen LogP contribution < -0.4 is 14.8 Å². The minimum absolute atomic E-state index is 0.223. The third-order valence-corrected chi connectivity index (χ3v) is 4.37. The molecule has 0 aliphatic carbocycles. The molecule has 1 amide bonds. The van der Waals surface area contributed by atoms with Gasteiger partial charge in [0.1, 0.15) is 29.5 Å². The number of methoxy groups -OCH3 is 1. The van der Waals surface area contributed by atoms with Crippen LogP contribution in [0.2, 0.25) is 0 Å². The fraction of sp³-hybridized carbons (Fsp3) is 0.0909. The molecular formula is C22H19N5O3. The summed E-state index contributed by atoms with van der Waals surface area (Å²) in [4.78, 5) is 25.0. The molecule has 2 aromatic carbocycles. The summed E-state index contributed by atoms with van der Waals surface area (Å²) in [5.41, 5.74) is 1.16. The lowest BCUT2D eigenvalue weighted by molar-refractivity contribution is 0.102. The number of carbonyl (C=O) groups excluding carboxylic acids is 1. The molecule has 0 saturated heterocycles. The van der Waals surface area contributed by atoms with Gasteiger partial charge in [-0.1, -0.05) is 6.07 Å². The number of hydrogen-bond donors (Lipinski definition) is 1. The molecule has 1 N–H and O–H groups in total. The van der Waals surface area contributed by atoms with Crippen LogP contribution in [0.15, 0.2) is 73.3 Å². The summed E-state index contributed by atoms with van der Waals surface area (Å²) in [6.45, 7) is 1.89. The van der Waals surface area contributed by atoms with Crippen LogP contribution in [-0.2, 0) is 0 Å². The Morgan fingerprint density at radius 3 is 2.57 bits per heavy atom. The normalized spacial score (nSPS) is 10.5. The van der Waals surface area contributed by atoms with E-state index in [1.165, 1.54) is 6.33 Å². The number of hydrogen-bond acceptors (Lipinski definition) is 6. The molecule has 0 fully saturated rings. The van der Waals surface area contributed by atoms with E-state index in [-0.39, 0.29) is 5.91 Å². The number of amides is 1. The number of imidazole rings is 1. The van der Waals surface area contributed by atoms with E-state index >= 15 is 0 Å². The lowest BCUT2D eigenvalue weighted by atomic mass is 10.2. The van der Waals surface area contributed by atoms with Gasteiger partial charge in [0.25, 0.3) is 5.91 Å². The highest BCUT2D eigenvalue weighted by Crippen LogP contribution is 2.23. The summed E-state index contributed by atoms with van der Waals surface area (Å²) >= 11 is 0. The summed E-state index contributed by atoms with van der Waals surface area (Å²) in [6.07, 6.45) is 4.96. The Hall–Kier alpha value is -4.20. The lowest BCUT2D eigenvalue weighted by Crippen LogP contribution is -2.11. The van der Waals surface area contributed by atoms with Gasteiger partial charge in [-0.15, -0.1) is 0 Å². The van der Waals surface area contributed by atoms with Gasteiger partial charge in [-0.2, -0.15) is 0 Å². The Balaban J connectivity index is 1.44. The quantitative estimate of drug-likeness (QED) is 0.525. The van der Waals surface area contributed by atoms with Gasteiger partial charge in [-0.05, 0) is 49.4 Å². The van der Waals surface area contributed by atoms with Gasteiger partial charge in [0, 0.05) is 29.7 Å². The Morgan fingerprint density at radius 1 is 1.00 bits per heavy atom. The van der Waals surface area contributed by atoms with Gasteiger partial charge in [-0.3, -0.25) is 9.36 Å². The molecule has 0 bridgehead atoms. The third kappa shape index (κ3) is 4.27. The van der Waals surface area contributed by atoms with Crippen LogP contribution >= 0.6 is 0 Å². The number of aryl methyl sites for hydroxylation is 1. The molecule has 2 aromatic heterocycles. The molecule has 8 nitrogen and oxygen atoms in total. The van der Waals surface area contributed by atoms with Crippen LogP contribution in [0.4, 0.5) is 5.69 Å². The summed E-state index contributed by atoms with van der Waals surface area (Å²) in [7, 11) is 1.56. The van der Waals surface area contributed by atoms with E-state index in [4.69, 9.17) is 9.47 Å². The first-order chi connectivity index (χ1) is 14.6. The molecule has 4 rings (SSSR count). The second kappa shape index (κ2) is 8.44. The minimum Gasteiger partial charge on any atom is -0.497 e. The second-order valence-corrected chi connectivity index (χ2v) is 6.37. The first kappa shape index (κ1) is 19.1. The van der Waals surface area contributed by atoms with Crippen molar-refractivity contribution < 1.29 is 14.3 Å². The molecule has 4 aromatic rings. The predicted molar refractivity (Wildman–Crippen MR) is 111 cm³/mol. The molecule has 2 heterocycles. The average molecular weight is 401 g/mol. The molecule has 8 heteroatoms. The number of benzene rings is 2. The van der Waals surface area contributed by atoms with Crippen LogP contribution in [0.5, 0.6) is 17.4 Å². The Morgan fingerprint density at radius 2 is 1.83 bits per heavy atom. The lowest BCUT2D eigenvalue weighted by Gasteiger charge is -2.09. The molecule has 150 valence electrons. The van der Waals surface area contributed by atoms with Gasteiger partial charge in [0.2, 0.25) is 5.88 Å².